The van der Waals surface area contributed by atoms with Crippen LogP contribution in [0, 0.1) is 57.7 Å². The molecule has 10 unspecified atom stereocenters. The molecule has 6 saturated carbocycles. The zero-order valence-corrected chi connectivity index (χ0v) is 20.4. The third-order valence-corrected chi connectivity index (χ3v) is 11.8. The average Bonchev–Trinajstić information content (AvgIpc) is 3.02. The van der Waals surface area contributed by atoms with Crippen molar-refractivity contribution in [3.63, 3.8) is 0 Å². The number of carbonyl (C=O) groups excluding carboxylic acids is 2. The summed E-state index contributed by atoms with van der Waals surface area (Å²) in [5.74, 6) is 2.18. The van der Waals surface area contributed by atoms with Crippen molar-refractivity contribution in [2.75, 3.05) is 0 Å². The van der Waals surface area contributed by atoms with E-state index in [9.17, 15) is 14.7 Å². The fourth-order valence-corrected chi connectivity index (χ4v) is 10.0. The third-order valence-electron chi connectivity index (χ3n) is 11.8. The van der Waals surface area contributed by atoms with Crippen molar-refractivity contribution in [3.05, 3.63) is 12.2 Å². The van der Waals surface area contributed by atoms with E-state index in [1.165, 1.54) is 0 Å². The summed E-state index contributed by atoms with van der Waals surface area (Å²) in [6, 6.07) is 0. The van der Waals surface area contributed by atoms with E-state index < -0.39 is 16.9 Å². The Morgan fingerprint density at radius 3 is 2.32 bits per heavy atom. The number of carbonyl (C=O) groups is 2. The molecule has 0 aromatic rings. The van der Waals surface area contributed by atoms with Gasteiger partial charge in [0.05, 0.1) is 11.5 Å². The van der Waals surface area contributed by atoms with Gasteiger partial charge in [0.1, 0.15) is 11.6 Å². The summed E-state index contributed by atoms with van der Waals surface area (Å²) in [6.45, 7) is 13.9. The maximum Gasteiger partial charge on any atom is 0.139 e. The number of hydrogen-bond acceptors (Lipinski definition) is 3. The lowest BCUT2D eigenvalue weighted by molar-refractivity contribution is -0.312. The second-order valence-electron chi connectivity index (χ2n) is 13.0. The normalized spacial score (nSPS) is 52.6. The van der Waals surface area contributed by atoms with Gasteiger partial charge in [-0.25, -0.2) is 0 Å². The van der Waals surface area contributed by atoms with Gasteiger partial charge in [-0.15, -0.1) is 0 Å². The average molecular weight is 427 g/mol. The molecule has 0 amide bonds. The standard InChI is InChI=1S/C28H42O3/c1-16(2)17(3)7-8-18(4)19-9-14-28(31)24-20(29)10-12-25(5)22-11-13-26(19,6)27(22,28)15-21(30)23(24)25/h7-8,16-19,22-24,31H,9-15H2,1-6H3. The molecule has 31 heavy (non-hydrogen) atoms. The van der Waals surface area contributed by atoms with Gasteiger partial charge >= 0.3 is 0 Å². The quantitative estimate of drug-likeness (QED) is 0.595. The maximum absolute atomic E-state index is 13.6. The summed E-state index contributed by atoms with van der Waals surface area (Å²) in [5, 5.41) is 12.4. The van der Waals surface area contributed by atoms with Gasteiger partial charge in [-0.3, -0.25) is 9.59 Å². The van der Waals surface area contributed by atoms with E-state index in [1.807, 2.05) is 0 Å². The number of aliphatic hydroxyl groups is 1. The van der Waals surface area contributed by atoms with Gasteiger partial charge in [0.25, 0.3) is 0 Å². The van der Waals surface area contributed by atoms with E-state index in [0.717, 1.165) is 25.7 Å². The molecule has 3 nitrogen and oxygen atoms in total. The summed E-state index contributed by atoms with van der Waals surface area (Å²) < 4.78 is 0. The minimum Gasteiger partial charge on any atom is -0.388 e. The van der Waals surface area contributed by atoms with Crippen molar-refractivity contribution in [3.8, 4) is 0 Å². The Labute approximate surface area is 188 Å². The van der Waals surface area contributed by atoms with E-state index in [-0.39, 0.29) is 28.3 Å². The smallest absolute Gasteiger partial charge is 0.139 e. The Bertz CT molecular complexity index is 843. The Kier molecular flexibility index (Phi) is 4.62. The molecular formula is C28H42O3. The fourth-order valence-electron chi connectivity index (χ4n) is 10.0. The highest BCUT2D eigenvalue weighted by atomic mass is 16.3. The van der Waals surface area contributed by atoms with Gasteiger partial charge in [0, 0.05) is 24.2 Å². The van der Waals surface area contributed by atoms with Crippen molar-refractivity contribution in [2.45, 2.75) is 92.1 Å². The van der Waals surface area contributed by atoms with Crippen molar-refractivity contribution >= 4 is 11.6 Å². The minimum atomic E-state index is -0.982. The minimum absolute atomic E-state index is 0.0896. The van der Waals surface area contributed by atoms with Crippen molar-refractivity contribution < 1.29 is 14.7 Å². The highest BCUT2D eigenvalue weighted by Gasteiger charge is 2.84. The van der Waals surface area contributed by atoms with Gasteiger partial charge in [0.2, 0.25) is 0 Å². The molecule has 1 N–H and O–H groups in total. The second kappa shape index (κ2) is 6.55. The predicted octanol–water partition coefficient (Wildman–Crippen LogP) is 5.60. The summed E-state index contributed by atoms with van der Waals surface area (Å²) in [7, 11) is 0. The topological polar surface area (TPSA) is 54.4 Å². The lowest BCUT2D eigenvalue weighted by Gasteiger charge is -2.76. The van der Waals surface area contributed by atoms with Crippen LogP contribution in [-0.2, 0) is 9.59 Å². The van der Waals surface area contributed by atoms with Crippen LogP contribution in [-0.4, -0.2) is 22.3 Å². The molecular weight excluding hydrogens is 384 g/mol. The number of rotatable bonds is 4. The fraction of sp³-hybridized carbons (Fsp3) is 0.857. The number of hydrogen-bond donors (Lipinski definition) is 1. The molecule has 0 radical (unpaired) electrons. The van der Waals surface area contributed by atoms with Crippen molar-refractivity contribution in [1.29, 1.82) is 0 Å². The first-order valence-corrected chi connectivity index (χ1v) is 12.9. The maximum atomic E-state index is 13.6. The van der Waals surface area contributed by atoms with Crippen LogP contribution in [0.15, 0.2) is 12.2 Å². The van der Waals surface area contributed by atoms with Crippen LogP contribution in [0.1, 0.15) is 86.5 Å². The molecule has 3 heteroatoms. The molecule has 1 spiro atoms. The molecule has 0 aromatic heterocycles. The summed E-state index contributed by atoms with van der Waals surface area (Å²) >= 11 is 0. The first-order chi connectivity index (χ1) is 14.4. The molecule has 6 rings (SSSR count). The number of fused-ring (bicyclic) bond motifs is 1. The predicted molar refractivity (Wildman–Crippen MR) is 122 cm³/mol. The largest absolute Gasteiger partial charge is 0.388 e. The monoisotopic (exact) mass is 426 g/mol. The van der Waals surface area contributed by atoms with Crippen LogP contribution < -0.4 is 0 Å². The Balaban J connectivity index is 1.61. The van der Waals surface area contributed by atoms with Crippen LogP contribution in [0.3, 0.4) is 0 Å². The molecule has 172 valence electrons. The van der Waals surface area contributed by atoms with Crippen LogP contribution in [0.2, 0.25) is 0 Å². The Morgan fingerprint density at radius 1 is 0.935 bits per heavy atom. The van der Waals surface area contributed by atoms with Crippen LogP contribution in [0.4, 0.5) is 0 Å². The van der Waals surface area contributed by atoms with Crippen LogP contribution in [0.25, 0.3) is 0 Å². The number of Topliss-reactive ketones (excluding diaryl/α,β-unsaturated/α-hetero) is 2. The van der Waals surface area contributed by atoms with Gasteiger partial charge in [-0.1, -0.05) is 53.7 Å². The zero-order valence-electron chi connectivity index (χ0n) is 20.4. The highest BCUT2D eigenvalue weighted by molar-refractivity contribution is 5.96. The van der Waals surface area contributed by atoms with E-state index in [1.54, 1.807) is 0 Å². The van der Waals surface area contributed by atoms with Crippen LogP contribution >= 0.6 is 0 Å². The molecule has 6 aliphatic carbocycles. The first kappa shape index (κ1) is 21.9. The van der Waals surface area contributed by atoms with E-state index >= 15 is 0 Å². The zero-order chi connectivity index (χ0) is 22.6. The lowest BCUT2D eigenvalue weighted by atomic mass is 9.28. The van der Waals surface area contributed by atoms with Crippen molar-refractivity contribution in [1.82, 2.24) is 0 Å². The van der Waals surface area contributed by atoms with Crippen molar-refractivity contribution in [2.24, 2.45) is 57.7 Å². The summed E-state index contributed by atoms with van der Waals surface area (Å²) in [5.41, 5.74) is -1.60. The van der Waals surface area contributed by atoms with Gasteiger partial charge in [-0.05, 0) is 72.5 Å². The first-order valence-electron chi connectivity index (χ1n) is 12.9. The van der Waals surface area contributed by atoms with E-state index in [0.29, 0.717) is 48.9 Å². The van der Waals surface area contributed by atoms with E-state index in [2.05, 4.69) is 53.7 Å². The van der Waals surface area contributed by atoms with Gasteiger partial charge in [0.15, 0.2) is 0 Å². The molecule has 0 saturated heterocycles. The molecule has 0 heterocycles. The van der Waals surface area contributed by atoms with Gasteiger partial charge in [-0.2, -0.15) is 0 Å². The molecule has 0 aromatic carbocycles. The summed E-state index contributed by atoms with van der Waals surface area (Å²) in [4.78, 5) is 26.8. The molecule has 4 bridgehead atoms. The lowest BCUT2D eigenvalue weighted by Crippen LogP contribution is -2.80. The highest BCUT2D eigenvalue weighted by Crippen LogP contribution is 2.83. The second-order valence-corrected chi connectivity index (χ2v) is 13.0. The molecule has 0 aliphatic heterocycles. The Hall–Kier alpha value is -0.960. The number of ketones is 2. The Morgan fingerprint density at radius 2 is 1.65 bits per heavy atom. The SMILES string of the molecule is CC(C)C(C)C=CC(C)C1CCC2(O)C3C(=O)CCC4(C)C3C(=O)CC23C4CCC13C. The molecule has 10 atom stereocenters. The van der Waals surface area contributed by atoms with E-state index in [4.69, 9.17) is 0 Å². The third kappa shape index (κ3) is 2.35. The summed E-state index contributed by atoms with van der Waals surface area (Å²) in [6.07, 6.45) is 10.5. The molecule has 6 fully saturated rings. The number of allylic oxidation sites excluding steroid dienone is 2. The van der Waals surface area contributed by atoms with Gasteiger partial charge < -0.3 is 5.11 Å². The van der Waals surface area contributed by atoms with Crippen LogP contribution in [0.5, 0.6) is 0 Å². The molecule has 6 aliphatic rings.